The molecule has 1 aromatic rings. The fraction of sp³-hybridized carbons (Fsp3) is 0.600. The summed E-state index contributed by atoms with van der Waals surface area (Å²) in [5.41, 5.74) is 1.23. The minimum Gasteiger partial charge on any atom is -0.493 e. The molecule has 3 nitrogen and oxygen atoms in total. The Morgan fingerprint density at radius 1 is 1.47 bits per heavy atom. The van der Waals surface area contributed by atoms with Gasteiger partial charge in [-0.3, -0.25) is 0 Å². The fourth-order valence-electron chi connectivity index (χ4n) is 2.63. The predicted molar refractivity (Wildman–Crippen MR) is 80.7 cm³/mol. The third kappa shape index (κ3) is 3.50. The standard InChI is InChI=1S/C15H22BrNO2/c1-4-18-13-8-6-11(9-12(13)16)15(17-3)14-7-5-10(2)19-14/h6,8-10,14-15,17H,4-5,7H2,1-3H3. The lowest BCUT2D eigenvalue weighted by molar-refractivity contribution is 0.0333. The van der Waals surface area contributed by atoms with Crippen LogP contribution in [-0.4, -0.2) is 25.9 Å². The fourth-order valence-corrected chi connectivity index (χ4v) is 3.14. The van der Waals surface area contributed by atoms with Gasteiger partial charge >= 0.3 is 0 Å². The second-order valence-corrected chi connectivity index (χ2v) is 5.81. The molecule has 1 aromatic carbocycles. The van der Waals surface area contributed by atoms with Gasteiger partial charge < -0.3 is 14.8 Å². The summed E-state index contributed by atoms with van der Waals surface area (Å²) in [5.74, 6) is 0.891. The van der Waals surface area contributed by atoms with Gasteiger partial charge in [0, 0.05) is 0 Å². The first-order valence-electron chi connectivity index (χ1n) is 6.90. The Labute approximate surface area is 123 Å². The minimum absolute atomic E-state index is 0.233. The third-order valence-corrected chi connectivity index (χ3v) is 4.18. The molecule has 0 bridgehead atoms. The van der Waals surface area contributed by atoms with Crippen molar-refractivity contribution < 1.29 is 9.47 Å². The van der Waals surface area contributed by atoms with Gasteiger partial charge in [0.05, 0.1) is 29.3 Å². The molecule has 0 aromatic heterocycles. The number of hydrogen-bond acceptors (Lipinski definition) is 3. The van der Waals surface area contributed by atoms with Gasteiger partial charge in [0.25, 0.3) is 0 Å². The highest BCUT2D eigenvalue weighted by Crippen LogP contribution is 2.33. The first-order chi connectivity index (χ1) is 9.15. The van der Waals surface area contributed by atoms with Crippen molar-refractivity contribution in [3.8, 4) is 5.75 Å². The van der Waals surface area contributed by atoms with Gasteiger partial charge in [-0.15, -0.1) is 0 Å². The molecule has 1 heterocycles. The molecule has 1 aliphatic rings. The number of likely N-dealkylation sites (N-methyl/N-ethyl adjacent to an activating group) is 1. The molecule has 1 saturated heterocycles. The Balaban J connectivity index is 2.16. The van der Waals surface area contributed by atoms with E-state index in [-0.39, 0.29) is 12.1 Å². The highest BCUT2D eigenvalue weighted by atomic mass is 79.9. The van der Waals surface area contributed by atoms with E-state index < -0.39 is 0 Å². The summed E-state index contributed by atoms with van der Waals surface area (Å²) in [4.78, 5) is 0. The number of halogens is 1. The van der Waals surface area contributed by atoms with Gasteiger partial charge in [-0.1, -0.05) is 6.07 Å². The van der Waals surface area contributed by atoms with Crippen LogP contribution in [0, 0.1) is 0 Å². The largest absolute Gasteiger partial charge is 0.493 e. The van der Waals surface area contributed by atoms with Crippen LogP contribution in [0.2, 0.25) is 0 Å². The van der Waals surface area contributed by atoms with Crippen molar-refractivity contribution in [2.24, 2.45) is 0 Å². The maximum Gasteiger partial charge on any atom is 0.133 e. The molecule has 0 spiro atoms. The summed E-state index contributed by atoms with van der Waals surface area (Å²) >= 11 is 3.57. The Hall–Kier alpha value is -0.580. The number of ether oxygens (including phenoxy) is 2. The summed E-state index contributed by atoms with van der Waals surface area (Å²) in [6.07, 6.45) is 2.87. The van der Waals surface area contributed by atoms with E-state index >= 15 is 0 Å². The zero-order chi connectivity index (χ0) is 13.8. The summed E-state index contributed by atoms with van der Waals surface area (Å²) in [7, 11) is 1.99. The molecule has 19 heavy (non-hydrogen) atoms. The highest BCUT2D eigenvalue weighted by Gasteiger charge is 2.29. The van der Waals surface area contributed by atoms with E-state index in [4.69, 9.17) is 9.47 Å². The molecule has 2 rings (SSSR count). The Kier molecular flexibility index (Phi) is 5.25. The van der Waals surface area contributed by atoms with Crippen LogP contribution >= 0.6 is 15.9 Å². The van der Waals surface area contributed by atoms with Crippen LogP contribution in [-0.2, 0) is 4.74 Å². The quantitative estimate of drug-likeness (QED) is 0.894. The maximum absolute atomic E-state index is 5.98. The van der Waals surface area contributed by atoms with Gasteiger partial charge in [-0.2, -0.15) is 0 Å². The minimum atomic E-state index is 0.233. The molecule has 4 heteroatoms. The molecule has 3 unspecified atom stereocenters. The number of benzene rings is 1. The number of rotatable bonds is 5. The van der Waals surface area contributed by atoms with E-state index in [2.05, 4.69) is 40.3 Å². The second kappa shape index (κ2) is 6.73. The van der Waals surface area contributed by atoms with E-state index in [0.717, 1.165) is 23.1 Å². The Bertz CT molecular complexity index is 425. The van der Waals surface area contributed by atoms with Crippen LogP contribution in [0.5, 0.6) is 5.75 Å². The molecule has 0 saturated carbocycles. The molecule has 1 fully saturated rings. The van der Waals surface area contributed by atoms with Crippen LogP contribution in [0.3, 0.4) is 0 Å². The van der Waals surface area contributed by atoms with Gasteiger partial charge in [0.2, 0.25) is 0 Å². The molecular weight excluding hydrogens is 306 g/mol. The van der Waals surface area contributed by atoms with Gasteiger partial charge in [0.15, 0.2) is 0 Å². The van der Waals surface area contributed by atoms with Crippen LogP contribution in [0.25, 0.3) is 0 Å². The smallest absolute Gasteiger partial charge is 0.133 e. The molecular formula is C15H22BrNO2. The van der Waals surface area contributed by atoms with Crippen molar-refractivity contribution in [1.82, 2.24) is 5.32 Å². The first-order valence-corrected chi connectivity index (χ1v) is 7.70. The summed E-state index contributed by atoms with van der Waals surface area (Å²) in [6, 6.07) is 6.49. The van der Waals surface area contributed by atoms with Crippen molar-refractivity contribution >= 4 is 15.9 Å². The van der Waals surface area contributed by atoms with E-state index in [0.29, 0.717) is 12.7 Å². The average molecular weight is 328 g/mol. The summed E-state index contributed by atoms with van der Waals surface area (Å²) in [6.45, 7) is 4.81. The van der Waals surface area contributed by atoms with E-state index in [1.54, 1.807) is 0 Å². The van der Waals surface area contributed by atoms with Gasteiger partial charge in [-0.25, -0.2) is 0 Å². The van der Waals surface area contributed by atoms with Crippen molar-refractivity contribution in [3.63, 3.8) is 0 Å². The van der Waals surface area contributed by atoms with E-state index in [1.807, 2.05) is 20.0 Å². The van der Waals surface area contributed by atoms with E-state index in [9.17, 15) is 0 Å². The van der Waals surface area contributed by atoms with Crippen molar-refractivity contribution in [1.29, 1.82) is 0 Å². The van der Waals surface area contributed by atoms with Crippen LogP contribution < -0.4 is 10.1 Å². The lowest BCUT2D eigenvalue weighted by Crippen LogP contribution is -2.29. The normalized spacial score (nSPS) is 24.4. The topological polar surface area (TPSA) is 30.5 Å². The first kappa shape index (κ1) is 14.8. The van der Waals surface area contributed by atoms with Crippen molar-refractivity contribution in [3.05, 3.63) is 28.2 Å². The molecule has 0 amide bonds. The van der Waals surface area contributed by atoms with Crippen molar-refractivity contribution in [2.45, 2.75) is 44.9 Å². The lowest BCUT2D eigenvalue weighted by atomic mass is 9.99. The third-order valence-electron chi connectivity index (χ3n) is 3.56. The monoisotopic (exact) mass is 327 g/mol. The lowest BCUT2D eigenvalue weighted by Gasteiger charge is -2.24. The summed E-state index contributed by atoms with van der Waals surface area (Å²) in [5, 5.41) is 3.37. The predicted octanol–water partition coefficient (Wildman–Crippen LogP) is 3.68. The number of hydrogen-bond donors (Lipinski definition) is 1. The number of nitrogens with one attached hydrogen (secondary N) is 1. The van der Waals surface area contributed by atoms with Crippen LogP contribution in [0.15, 0.2) is 22.7 Å². The highest BCUT2D eigenvalue weighted by molar-refractivity contribution is 9.10. The molecule has 1 N–H and O–H groups in total. The molecule has 0 radical (unpaired) electrons. The molecule has 0 aliphatic carbocycles. The molecule has 3 atom stereocenters. The second-order valence-electron chi connectivity index (χ2n) is 4.95. The van der Waals surface area contributed by atoms with Gasteiger partial charge in [0.1, 0.15) is 5.75 Å². The summed E-state index contributed by atoms with van der Waals surface area (Å²) < 4.78 is 12.5. The van der Waals surface area contributed by atoms with Crippen LogP contribution in [0.1, 0.15) is 38.3 Å². The zero-order valence-corrected chi connectivity index (χ0v) is 13.4. The molecule has 106 valence electrons. The Morgan fingerprint density at radius 2 is 2.26 bits per heavy atom. The van der Waals surface area contributed by atoms with Gasteiger partial charge in [-0.05, 0) is 67.4 Å². The molecule has 1 aliphatic heterocycles. The Morgan fingerprint density at radius 3 is 2.79 bits per heavy atom. The average Bonchev–Trinajstić information content (AvgIpc) is 2.80. The van der Waals surface area contributed by atoms with E-state index in [1.165, 1.54) is 5.56 Å². The van der Waals surface area contributed by atoms with Crippen molar-refractivity contribution in [2.75, 3.05) is 13.7 Å². The van der Waals surface area contributed by atoms with Crippen LogP contribution in [0.4, 0.5) is 0 Å². The SMILES string of the molecule is CCOc1ccc(C(NC)C2CCC(C)O2)cc1Br. The maximum atomic E-state index is 5.98. The zero-order valence-electron chi connectivity index (χ0n) is 11.8.